The number of hydrogen-bond donors (Lipinski definition) is 1. The van der Waals surface area contributed by atoms with Gasteiger partial charge < -0.3 is 15.4 Å². The van der Waals surface area contributed by atoms with Gasteiger partial charge in [-0.3, -0.25) is 0 Å². The Balaban J connectivity index is 1.90. The third-order valence-electron chi connectivity index (χ3n) is 3.75. The molecule has 1 saturated carbocycles. The number of fused-ring (bicyclic) bond motifs is 1. The quantitative estimate of drug-likeness (QED) is 0.704. The van der Waals surface area contributed by atoms with Crippen LogP contribution in [0.25, 0.3) is 0 Å². The van der Waals surface area contributed by atoms with Crippen molar-refractivity contribution in [3.8, 4) is 0 Å². The molecule has 4 heteroatoms. The molecule has 2 rings (SSSR count). The van der Waals surface area contributed by atoms with Crippen LogP contribution in [-0.2, 0) is 4.74 Å². The summed E-state index contributed by atoms with van der Waals surface area (Å²) in [5.41, 5.74) is 5.58. The lowest BCUT2D eigenvalue weighted by atomic mass is 9.89. The lowest BCUT2D eigenvalue weighted by molar-refractivity contribution is 0.0127. The molecule has 2 aliphatic rings. The Morgan fingerprint density at radius 3 is 2.59 bits per heavy atom. The van der Waals surface area contributed by atoms with Crippen molar-refractivity contribution in [2.75, 3.05) is 13.1 Å². The van der Waals surface area contributed by atoms with E-state index in [0.29, 0.717) is 12.0 Å². The van der Waals surface area contributed by atoms with Crippen LogP contribution in [-0.4, -0.2) is 35.7 Å². The van der Waals surface area contributed by atoms with Crippen LogP contribution in [0.3, 0.4) is 0 Å². The van der Waals surface area contributed by atoms with Gasteiger partial charge in [-0.1, -0.05) is 0 Å². The van der Waals surface area contributed by atoms with Gasteiger partial charge in [-0.25, -0.2) is 4.79 Å². The zero-order valence-corrected chi connectivity index (χ0v) is 11.1. The summed E-state index contributed by atoms with van der Waals surface area (Å²) in [5, 5.41) is 0. The van der Waals surface area contributed by atoms with Gasteiger partial charge in [0, 0.05) is 19.1 Å². The SMILES string of the molecule is CC(C)(C)OC(=O)N1CC[C@H]2C[C@@H](N)C[C@H]2C1. The predicted molar refractivity (Wildman–Crippen MR) is 66.6 cm³/mol. The van der Waals surface area contributed by atoms with E-state index in [2.05, 4.69) is 0 Å². The number of nitrogens with two attached hydrogens (primary N) is 1. The summed E-state index contributed by atoms with van der Waals surface area (Å²) >= 11 is 0. The van der Waals surface area contributed by atoms with Gasteiger partial charge in [-0.15, -0.1) is 0 Å². The topological polar surface area (TPSA) is 55.6 Å². The maximum Gasteiger partial charge on any atom is 0.410 e. The van der Waals surface area contributed by atoms with E-state index in [-0.39, 0.29) is 6.09 Å². The third kappa shape index (κ3) is 3.12. The summed E-state index contributed by atoms with van der Waals surface area (Å²) in [6.07, 6.45) is 3.10. The van der Waals surface area contributed by atoms with Crippen molar-refractivity contribution in [3.05, 3.63) is 0 Å². The Morgan fingerprint density at radius 1 is 1.29 bits per heavy atom. The maximum atomic E-state index is 12.0. The number of nitrogens with zero attached hydrogens (tertiary/aromatic N) is 1. The van der Waals surface area contributed by atoms with Crippen molar-refractivity contribution in [2.24, 2.45) is 17.6 Å². The summed E-state index contributed by atoms with van der Waals surface area (Å²) in [5.74, 6) is 1.31. The van der Waals surface area contributed by atoms with Crippen molar-refractivity contribution >= 4 is 6.09 Å². The van der Waals surface area contributed by atoms with Crippen molar-refractivity contribution in [2.45, 2.75) is 51.7 Å². The molecule has 0 aromatic carbocycles. The molecule has 4 nitrogen and oxygen atoms in total. The molecule has 1 aliphatic carbocycles. The molecule has 98 valence electrons. The number of likely N-dealkylation sites (tertiary alicyclic amines) is 1. The molecule has 1 aliphatic heterocycles. The van der Waals surface area contributed by atoms with Crippen LogP contribution >= 0.6 is 0 Å². The van der Waals surface area contributed by atoms with E-state index in [4.69, 9.17) is 10.5 Å². The standard InChI is InChI=1S/C13H24N2O2/c1-13(2,3)17-12(16)15-5-4-9-6-11(14)7-10(9)8-15/h9-11H,4-8,14H2,1-3H3/t9-,10-,11+/m0/s1. The van der Waals surface area contributed by atoms with Gasteiger partial charge in [0.05, 0.1) is 0 Å². The van der Waals surface area contributed by atoms with Gasteiger partial charge >= 0.3 is 6.09 Å². The fourth-order valence-corrected chi connectivity index (χ4v) is 3.02. The highest BCUT2D eigenvalue weighted by atomic mass is 16.6. The first-order valence-electron chi connectivity index (χ1n) is 6.58. The van der Waals surface area contributed by atoms with E-state index in [9.17, 15) is 4.79 Å². The fraction of sp³-hybridized carbons (Fsp3) is 0.923. The minimum atomic E-state index is -0.403. The van der Waals surface area contributed by atoms with Gasteiger partial charge in [-0.05, 0) is 51.9 Å². The molecule has 0 unspecified atom stereocenters. The number of rotatable bonds is 0. The van der Waals surface area contributed by atoms with Crippen LogP contribution in [0.5, 0.6) is 0 Å². The predicted octanol–water partition coefficient (Wildman–Crippen LogP) is 1.98. The highest BCUT2D eigenvalue weighted by Gasteiger charge is 2.38. The number of piperidine rings is 1. The summed E-state index contributed by atoms with van der Waals surface area (Å²) in [7, 11) is 0. The highest BCUT2D eigenvalue weighted by molar-refractivity contribution is 5.68. The second-order valence-corrected chi connectivity index (χ2v) is 6.47. The van der Waals surface area contributed by atoms with Crippen LogP contribution in [0.2, 0.25) is 0 Å². The molecule has 1 heterocycles. The fourth-order valence-electron chi connectivity index (χ4n) is 3.02. The Kier molecular flexibility index (Phi) is 3.34. The van der Waals surface area contributed by atoms with E-state index in [0.717, 1.165) is 38.3 Å². The Hall–Kier alpha value is -0.770. The molecule has 17 heavy (non-hydrogen) atoms. The lowest BCUT2D eigenvalue weighted by Gasteiger charge is -2.35. The van der Waals surface area contributed by atoms with Crippen LogP contribution in [0.15, 0.2) is 0 Å². The zero-order chi connectivity index (χ0) is 12.6. The molecule has 2 fully saturated rings. The van der Waals surface area contributed by atoms with Crippen LogP contribution < -0.4 is 5.73 Å². The molecule has 1 amide bonds. The first-order valence-corrected chi connectivity index (χ1v) is 6.58. The molecule has 0 spiro atoms. The first kappa shape index (κ1) is 12.7. The molecule has 0 aromatic rings. The molecule has 2 N–H and O–H groups in total. The van der Waals surface area contributed by atoms with Crippen molar-refractivity contribution in [1.29, 1.82) is 0 Å². The third-order valence-corrected chi connectivity index (χ3v) is 3.75. The monoisotopic (exact) mass is 240 g/mol. The van der Waals surface area contributed by atoms with Crippen molar-refractivity contribution in [3.63, 3.8) is 0 Å². The van der Waals surface area contributed by atoms with Gasteiger partial charge in [0.1, 0.15) is 5.60 Å². The second kappa shape index (κ2) is 4.48. The van der Waals surface area contributed by atoms with Crippen LogP contribution in [0.1, 0.15) is 40.0 Å². The van der Waals surface area contributed by atoms with Crippen molar-refractivity contribution < 1.29 is 9.53 Å². The van der Waals surface area contributed by atoms with Crippen LogP contribution in [0.4, 0.5) is 4.79 Å². The minimum absolute atomic E-state index is 0.170. The van der Waals surface area contributed by atoms with E-state index < -0.39 is 5.60 Å². The van der Waals surface area contributed by atoms with Gasteiger partial charge in [-0.2, -0.15) is 0 Å². The largest absolute Gasteiger partial charge is 0.444 e. The normalized spacial score (nSPS) is 33.4. The molecule has 3 atom stereocenters. The van der Waals surface area contributed by atoms with E-state index >= 15 is 0 Å². The number of carbonyl (C=O) groups excluding carboxylic acids is 1. The van der Waals surface area contributed by atoms with E-state index in [1.807, 2.05) is 25.7 Å². The van der Waals surface area contributed by atoms with Gasteiger partial charge in [0.25, 0.3) is 0 Å². The maximum absolute atomic E-state index is 12.0. The van der Waals surface area contributed by atoms with Crippen molar-refractivity contribution in [1.82, 2.24) is 4.90 Å². The second-order valence-electron chi connectivity index (χ2n) is 6.47. The zero-order valence-electron chi connectivity index (χ0n) is 11.1. The first-order chi connectivity index (χ1) is 7.85. The number of carbonyl (C=O) groups is 1. The van der Waals surface area contributed by atoms with E-state index in [1.54, 1.807) is 0 Å². The summed E-state index contributed by atoms with van der Waals surface area (Å²) in [6, 6.07) is 0.337. The molecule has 1 saturated heterocycles. The highest BCUT2D eigenvalue weighted by Crippen LogP contribution is 2.37. The van der Waals surface area contributed by atoms with Gasteiger partial charge in [0.2, 0.25) is 0 Å². The van der Waals surface area contributed by atoms with Crippen LogP contribution in [0, 0.1) is 11.8 Å². The Labute approximate surface area is 103 Å². The average Bonchev–Trinajstić information content (AvgIpc) is 2.53. The molecule has 0 radical (unpaired) electrons. The molecular formula is C13H24N2O2. The summed E-state index contributed by atoms with van der Waals surface area (Å²) in [6.45, 7) is 7.37. The number of hydrogen-bond acceptors (Lipinski definition) is 3. The minimum Gasteiger partial charge on any atom is -0.444 e. The lowest BCUT2D eigenvalue weighted by Crippen LogP contribution is -2.44. The Morgan fingerprint density at radius 2 is 1.94 bits per heavy atom. The Bertz CT molecular complexity index is 298. The average molecular weight is 240 g/mol. The number of amides is 1. The molecular weight excluding hydrogens is 216 g/mol. The number of ether oxygens (including phenoxy) is 1. The van der Waals surface area contributed by atoms with E-state index in [1.165, 1.54) is 0 Å². The van der Waals surface area contributed by atoms with Gasteiger partial charge in [0.15, 0.2) is 0 Å². The smallest absolute Gasteiger partial charge is 0.410 e. The molecule has 0 aromatic heterocycles. The summed E-state index contributed by atoms with van der Waals surface area (Å²) in [4.78, 5) is 13.8. The summed E-state index contributed by atoms with van der Waals surface area (Å²) < 4.78 is 5.41. The molecule has 0 bridgehead atoms.